The van der Waals surface area contributed by atoms with Gasteiger partial charge in [0, 0.05) is 18.8 Å². The van der Waals surface area contributed by atoms with Crippen LogP contribution in [-0.2, 0) is 10.2 Å². The largest absolute Gasteiger partial charge is 0.481 e. The summed E-state index contributed by atoms with van der Waals surface area (Å²) in [5, 5.41) is 16.7. The lowest BCUT2D eigenvalue weighted by Crippen LogP contribution is -2.44. The van der Waals surface area contributed by atoms with Gasteiger partial charge in [0.05, 0.1) is 17.0 Å². The SMILES string of the molecule is Cc1cc2ncc(C(=O)NCC(C)(C(=O)O)c3ccccc3)c(C)n2n1. The van der Waals surface area contributed by atoms with Crippen molar-refractivity contribution in [3.8, 4) is 0 Å². The quantitative estimate of drug-likeness (QED) is 0.733. The number of amides is 1. The highest BCUT2D eigenvalue weighted by Crippen LogP contribution is 2.23. The van der Waals surface area contributed by atoms with E-state index in [1.54, 1.807) is 42.6 Å². The van der Waals surface area contributed by atoms with Crippen molar-refractivity contribution in [2.45, 2.75) is 26.2 Å². The first kappa shape index (κ1) is 17.6. The van der Waals surface area contributed by atoms with Crippen molar-refractivity contribution in [3.05, 3.63) is 65.1 Å². The monoisotopic (exact) mass is 352 g/mol. The lowest BCUT2D eigenvalue weighted by atomic mass is 9.82. The fourth-order valence-corrected chi connectivity index (χ4v) is 2.85. The number of nitrogens with zero attached hydrogens (tertiary/aromatic N) is 3. The van der Waals surface area contributed by atoms with E-state index in [0.29, 0.717) is 22.5 Å². The molecule has 1 amide bonds. The van der Waals surface area contributed by atoms with Crippen LogP contribution in [0.15, 0.2) is 42.6 Å². The van der Waals surface area contributed by atoms with Crippen LogP contribution >= 0.6 is 0 Å². The standard InChI is InChI=1S/C19H20N4O3/c1-12-9-16-20-10-15(13(2)23(16)22-12)17(24)21-11-19(3,18(25)26)14-7-5-4-6-8-14/h4-10H,11H2,1-3H3,(H,21,24)(H,25,26). The molecular formula is C19H20N4O3. The summed E-state index contributed by atoms with van der Waals surface area (Å²) in [5.74, 6) is -1.38. The van der Waals surface area contributed by atoms with Crippen molar-refractivity contribution in [2.24, 2.45) is 0 Å². The van der Waals surface area contributed by atoms with Gasteiger partial charge in [-0.05, 0) is 26.3 Å². The molecule has 3 rings (SSSR count). The van der Waals surface area contributed by atoms with E-state index in [2.05, 4.69) is 15.4 Å². The molecule has 2 heterocycles. The molecule has 0 aliphatic carbocycles. The van der Waals surface area contributed by atoms with E-state index < -0.39 is 11.4 Å². The Bertz CT molecular complexity index is 981. The summed E-state index contributed by atoms with van der Waals surface area (Å²) in [6.45, 7) is 5.19. The molecule has 2 aromatic heterocycles. The van der Waals surface area contributed by atoms with Crippen molar-refractivity contribution >= 4 is 17.5 Å². The normalized spacial score (nSPS) is 13.3. The summed E-state index contributed by atoms with van der Waals surface area (Å²) in [5.41, 5.74) is 1.88. The number of aryl methyl sites for hydroxylation is 2. The minimum atomic E-state index is -1.23. The first-order valence-electron chi connectivity index (χ1n) is 8.22. The summed E-state index contributed by atoms with van der Waals surface area (Å²) in [6, 6.07) is 10.7. The van der Waals surface area contributed by atoms with E-state index in [9.17, 15) is 14.7 Å². The van der Waals surface area contributed by atoms with Crippen molar-refractivity contribution in [1.82, 2.24) is 19.9 Å². The summed E-state index contributed by atoms with van der Waals surface area (Å²) in [7, 11) is 0. The molecule has 26 heavy (non-hydrogen) atoms. The maximum atomic E-state index is 12.6. The van der Waals surface area contributed by atoms with Gasteiger partial charge in [0.15, 0.2) is 5.65 Å². The van der Waals surface area contributed by atoms with Crippen LogP contribution in [0.1, 0.15) is 34.2 Å². The maximum absolute atomic E-state index is 12.6. The number of hydrogen-bond donors (Lipinski definition) is 2. The Morgan fingerprint density at radius 3 is 2.58 bits per heavy atom. The second kappa shape index (κ2) is 6.59. The molecular weight excluding hydrogens is 332 g/mol. The fraction of sp³-hybridized carbons (Fsp3) is 0.263. The summed E-state index contributed by atoms with van der Waals surface area (Å²) in [6.07, 6.45) is 1.49. The van der Waals surface area contributed by atoms with Crippen molar-refractivity contribution in [1.29, 1.82) is 0 Å². The molecule has 1 aromatic carbocycles. The molecule has 0 aliphatic heterocycles. The average Bonchev–Trinajstić information content (AvgIpc) is 3.01. The number of aliphatic carboxylic acids is 1. The van der Waals surface area contributed by atoms with Crippen molar-refractivity contribution in [3.63, 3.8) is 0 Å². The average molecular weight is 352 g/mol. The molecule has 0 bridgehead atoms. The number of benzene rings is 1. The number of carboxylic acids is 1. The Morgan fingerprint density at radius 2 is 1.92 bits per heavy atom. The van der Waals surface area contributed by atoms with Gasteiger partial charge in [-0.15, -0.1) is 0 Å². The van der Waals surface area contributed by atoms with Crippen molar-refractivity contribution in [2.75, 3.05) is 6.54 Å². The zero-order valence-electron chi connectivity index (χ0n) is 14.9. The second-order valence-electron chi connectivity index (χ2n) is 6.50. The molecule has 1 atom stereocenters. The van der Waals surface area contributed by atoms with Gasteiger partial charge in [-0.3, -0.25) is 9.59 Å². The fourth-order valence-electron chi connectivity index (χ4n) is 2.85. The van der Waals surface area contributed by atoms with E-state index in [4.69, 9.17) is 0 Å². The van der Waals surface area contributed by atoms with Crippen LogP contribution < -0.4 is 5.32 Å². The highest BCUT2D eigenvalue weighted by molar-refractivity contribution is 5.95. The number of hydrogen-bond acceptors (Lipinski definition) is 4. The molecule has 7 nitrogen and oxygen atoms in total. The zero-order chi connectivity index (χ0) is 18.9. The number of nitrogens with one attached hydrogen (secondary N) is 1. The Labute approximate surface area is 150 Å². The highest BCUT2D eigenvalue weighted by atomic mass is 16.4. The van der Waals surface area contributed by atoms with Crippen LogP contribution in [0.25, 0.3) is 5.65 Å². The van der Waals surface area contributed by atoms with Gasteiger partial charge >= 0.3 is 5.97 Å². The van der Waals surface area contributed by atoms with E-state index in [-0.39, 0.29) is 12.5 Å². The molecule has 0 spiro atoms. The minimum Gasteiger partial charge on any atom is -0.481 e. The van der Waals surface area contributed by atoms with E-state index >= 15 is 0 Å². The van der Waals surface area contributed by atoms with Gasteiger partial charge in [0.2, 0.25) is 0 Å². The number of aromatic nitrogens is 3. The minimum absolute atomic E-state index is 0.0409. The maximum Gasteiger partial charge on any atom is 0.315 e. The summed E-state index contributed by atoms with van der Waals surface area (Å²) in [4.78, 5) is 28.7. The van der Waals surface area contributed by atoms with Crippen LogP contribution in [0.3, 0.4) is 0 Å². The van der Waals surface area contributed by atoms with E-state index in [1.807, 2.05) is 19.1 Å². The predicted molar refractivity (Wildman–Crippen MR) is 96.2 cm³/mol. The number of carbonyl (C=O) groups is 2. The first-order valence-corrected chi connectivity index (χ1v) is 8.22. The third kappa shape index (κ3) is 3.03. The van der Waals surface area contributed by atoms with Gasteiger partial charge in [0.1, 0.15) is 5.41 Å². The van der Waals surface area contributed by atoms with E-state index in [1.165, 1.54) is 6.20 Å². The molecule has 0 aliphatic rings. The molecule has 2 N–H and O–H groups in total. The van der Waals surface area contributed by atoms with Crippen LogP contribution in [0.5, 0.6) is 0 Å². The van der Waals surface area contributed by atoms with Crippen LogP contribution in [0.4, 0.5) is 0 Å². The number of fused-ring (bicyclic) bond motifs is 1. The van der Waals surface area contributed by atoms with Crippen LogP contribution in [0, 0.1) is 13.8 Å². The van der Waals surface area contributed by atoms with Gasteiger partial charge in [-0.25, -0.2) is 9.50 Å². The predicted octanol–water partition coefficient (Wildman–Crippen LogP) is 2.12. The number of carboxylic acid groups (broad SMARTS) is 1. The Hall–Kier alpha value is -3.22. The summed E-state index contributed by atoms with van der Waals surface area (Å²) >= 11 is 0. The third-order valence-electron chi connectivity index (χ3n) is 4.58. The smallest absolute Gasteiger partial charge is 0.315 e. The second-order valence-corrected chi connectivity index (χ2v) is 6.50. The zero-order valence-corrected chi connectivity index (χ0v) is 14.9. The molecule has 0 saturated heterocycles. The number of rotatable bonds is 5. The van der Waals surface area contributed by atoms with Crippen LogP contribution in [-0.4, -0.2) is 38.1 Å². The molecule has 1 unspecified atom stereocenters. The van der Waals surface area contributed by atoms with Gasteiger partial charge < -0.3 is 10.4 Å². The third-order valence-corrected chi connectivity index (χ3v) is 4.58. The lowest BCUT2D eigenvalue weighted by molar-refractivity contribution is -0.142. The molecule has 0 fully saturated rings. The molecule has 3 aromatic rings. The summed E-state index contributed by atoms with van der Waals surface area (Å²) < 4.78 is 1.61. The van der Waals surface area contributed by atoms with E-state index in [0.717, 1.165) is 5.69 Å². The van der Waals surface area contributed by atoms with Crippen molar-refractivity contribution < 1.29 is 14.7 Å². The molecule has 0 saturated carbocycles. The Kier molecular flexibility index (Phi) is 4.46. The topological polar surface area (TPSA) is 96.6 Å². The molecule has 7 heteroatoms. The molecule has 0 radical (unpaired) electrons. The molecule has 134 valence electrons. The van der Waals surface area contributed by atoms with Gasteiger partial charge in [0.25, 0.3) is 5.91 Å². The van der Waals surface area contributed by atoms with Gasteiger partial charge in [-0.2, -0.15) is 5.10 Å². The lowest BCUT2D eigenvalue weighted by Gasteiger charge is -2.25. The Balaban J connectivity index is 1.85. The Morgan fingerprint density at radius 1 is 1.23 bits per heavy atom. The highest BCUT2D eigenvalue weighted by Gasteiger charge is 2.35. The first-order chi connectivity index (χ1) is 12.3. The van der Waals surface area contributed by atoms with Crippen LogP contribution in [0.2, 0.25) is 0 Å². The number of carbonyl (C=O) groups excluding carboxylic acids is 1. The van der Waals surface area contributed by atoms with Gasteiger partial charge in [-0.1, -0.05) is 30.3 Å².